The Balaban J connectivity index is 2.23. The molecule has 1 atom stereocenters. The number of carbonyl (C=O) groups is 1. The summed E-state index contributed by atoms with van der Waals surface area (Å²) in [6.45, 7) is 5.01. The Bertz CT molecular complexity index is 455. The predicted octanol–water partition coefficient (Wildman–Crippen LogP) is 1.72. The number of fused-ring (bicyclic) bond motifs is 1. The molecule has 0 bridgehead atoms. The SMILES string of the molecule is CN(C)CC(C)(C)C1NC(=O)c2ccccc2O1. The lowest BCUT2D eigenvalue weighted by atomic mass is 9.89. The minimum absolute atomic E-state index is 0.0614. The van der Waals surface area contributed by atoms with Gasteiger partial charge in [-0.15, -0.1) is 0 Å². The van der Waals surface area contributed by atoms with Crippen molar-refractivity contribution in [2.45, 2.75) is 20.1 Å². The van der Waals surface area contributed by atoms with Crippen LogP contribution in [0.2, 0.25) is 0 Å². The van der Waals surface area contributed by atoms with Gasteiger partial charge in [0.15, 0.2) is 6.23 Å². The van der Waals surface area contributed by atoms with Crippen LogP contribution >= 0.6 is 0 Å². The average Bonchev–Trinajstić information content (AvgIpc) is 2.27. The molecule has 0 aliphatic carbocycles. The van der Waals surface area contributed by atoms with Crippen molar-refractivity contribution in [1.29, 1.82) is 0 Å². The first-order valence-electron chi connectivity index (χ1n) is 6.11. The van der Waals surface area contributed by atoms with Gasteiger partial charge in [-0.1, -0.05) is 26.0 Å². The van der Waals surface area contributed by atoms with Gasteiger partial charge in [0.25, 0.3) is 5.91 Å². The molecule has 0 fully saturated rings. The molecule has 98 valence electrons. The first kappa shape index (κ1) is 12.9. The van der Waals surface area contributed by atoms with Gasteiger partial charge in [0.1, 0.15) is 5.75 Å². The molecule has 1 aromatic rings. The van der Waals surface area contributed by atoms with Crippen molar-refractivity contribution in [3.63, 3.8) is 0 Å². The van der Waals surface area contributed by atoms with E-state index >= 15 is 0 Å². The van der Waals surface area contributed by atoms with E-state index < -0.39 is 0 Å². The predicted molar refractivity (Wildman–Crippen MR) is 70.7 cm³/mol. The second-order valence-corrected chi connectivity index (χ2v) is 5.69. The molecule has 1 aromatic carbocycles. The van der Waals surface area contributed by atoms with E-state index in [1.165, 1.54) is 0 Å². The van der Waals surface area contributed by atoms with E-state index in [9.17, 15) is 4.79 Å². The van der Waals surface area contributed by atoms with E-state index in [1.807, 2.05) is 32.3 Å². The topological polar surface area (TPSA) is 41.6 Å². The number of nitrogens with zero attached hydrogens (tertiary/aromatic N) is 1. The van der Waals surface area contributed by atoms with Crippen LogP contribution in [0.4, 0.5) is 0 Å². The highest BCUT2D eigenvalue weighted by atomic mass is 16.5. The Morgan fingerprint density at radius 3 is 2.67 bits per heavy atom. The second kappa shape index (κ2) is 4.61. The number of hydrogen-bond donors (Lipinski definition) is 1. The van der Waals surface area contributed by atoms with Gasteiger partial charge in [-0.3, -0.25) is 4.79 Å². The number of nitrogens with one attached hydrogen (secondary N) is 1. The maximum Gasteiger partial charge on any atom is 0.257 e. The van der Waals surface area contributed by atoms with E-state index in [0.717, 1.165) is 6.54 Å². The van der Waals surface area contributed by atoms with Crippen LogP contribution in [-0.4, -0.2) is 37.7 Å². The van der Waals surface area contributed by atoms with Crippen molar-refractivity contribution in [3.05, 3.63) is 29.8 Å². The van der Waals surface area contributed by atoms with Gasteiger partial charge in [-0.2, -0.15) is 0 Å². The molecule has 1 heterocycles. The van der Waals surface area contributed by atoms with E-state index in [0.29, 0.717) is 11.3 Å². The first-order chi connectivity index (χ1) is 8.40. The zero-order valence-corrected chi connectivity index (χ0v) is 11.4. The molecule has 0 spiro atoms. The van der Waals surface area contributed by atoms with Gasteiger partial charge >= 0.3 is 0 Å². The Kier molecular flexibility index (Phi) is 3.30. The summed E-state index contributed by atoms with van der Waals surface area (Å²) < 4.78 is 5.91. The quantitative estimate of drug-likeness (QED) is 0.885. The van der Waals surface area contributed by atoms with Gasteiger partial charge in [0, 0.05) is 12.0 Å². The summed E-state index contributed by atoms with van der Waals surface area (Å²) >= 11 is 0. The number of benzene rings is 1. The fourth-order valence-corrected chi connectivity index (χ4v) is 2.36. The highest BCUT2D eigenvalue weighted by Gasteiger charge is 2.37. The average molecular weight is 248 g/mol. The van der Waals surface area contributed by atoms with Gasteiger partial charge < -0.3 is 15.0 Å². The molecular formula is C14H20N2O2. The van der Waals surface area contributed by atoms with Crippen molar-refractivity contribution in [3.8, 4) is 5.75 Å². The van der Waals surface area contributed by atoms with Crippen LogP contribution in [0.5, 0.6) is 5.75 Å². The molecule has 4 nitrogen and oxygen atoms in total. The van der Waals surface area contributed by atoms with Crippen LogP contribution in [-0.2, 0) is 0 Å². The molecular weight excluding hydrogens is 228 g/mol. The van der Waals surface area contributed by atoms with Crippen molar-refractivity contribution < 1.29 is 9.53 Å². The first-order valence-corrected chi connectivity index (χ1v) is 6.11. The van der Waals surface area contributed by atoms with Gasteiger partial charge in [0.2, 0.25) is 0 Å². The molecule has 0 saturated heterocycles. The molecule has 1 amide bonds. The fourth-order valence-electron chi connectivity index (χ4n) is 2.36. The number of hydrogen-bond acceptors (Lipinski definition) is 3. The summed E-state index contributed by atoms with van der Waals surface area (Å²) in [6.07, 6.45) is -0.303. The smallest absolute Gasteiger partial charge is 0.257 e. The van der Waals surface area contributed by atoms with E-state index in [1.54, 1.807) is 6.07 Å². The number of amides is 1. The third kappa shape index (κ3) is 2.48. The third-order valence-electron chi connectivity index (χ3n) is 3.07. The van der Waals surface area contributed by atoms with Crippen LogP contribution < -0.4 is 10.1 Å². The normalized spacial score (nSPS) is 19.2. The lowest BCUT2D eigenvalue weighted by molar-refractivity contribution is 0.0165. The Morgan fingerprint density at radius 2 is 2.00 bits per heavy atom. The molecule has 2 rings (SSSR count). The van der Waals surface area contributed by atoms with Gasteiger partial charge in [-0.05, 0) is 26.2 Å². The van der Waals surface area contributed by atoms with E-state index in [4.69, 9.17) is 4.74 Å². The number of carbonyl (C=O) groups excluding carboxylic acids is 1. The monoisotopic (exact) mass is 248 g/mol. The third-order valence-corrected chi connectivity index (χ3v) is 3.07. The summed E-state index contributed by atoms with van der Waals surface area (Å²) in [5, 5.41) is 2.93. The maximum absolute atomic E-state index is 12.0. The number of para-hydroxylation sites is 1. The van der Waals surface area contributed by atoms with Crippen LogP contribution in [0.1, 0.15) is 24.2 Å². The number of ether oxygens (including phenoxy) is 1. The van der Waals surface area contributed by atoms with Gasteiger partial charge in [-0.25, -0.2) is 0 Å². The molecule has 0 radical (unpaired) electrons. The van der Waals surface area contributed by atoms with Crippen molar-refractivity contribution in [2.24, 2.45) is 5.41 Å². The highest BCUT2D eigenvalue weighted by molar-refractivity contribution is 5.97. The van der Waals surface area contributed by atoms with Crippen LogP contribution in [0, 0.1) is 5.41 Å². The zero-order valence-electron chi connectivity index (χ0n) is 11.4. The Morgan fingerprint density at radius 1 is 1.33 bits per heavy atom. The summed E-state index contributed by atoms with van der Waals surface area (Å²) in [5.74, 6) is 0.603. The molecule has 0 saturated carbocycles. The summed E-state index contributed by atoms with van der Waals surface area (Å²) in [4.78, 5) is 14.1. The van der Waals surface area contributed by atoms with Crippen molar-refractivity contribution in [1.82, 2.24) is 10.2 Å². The fraction of sp³-hybridized carbons (Fsp3) is 0.500. The van der Waals surface area contributed by atoms with Crippen molar-refractivity contribution >= 4 is 5.91 Å². The highest BCUT2D eigenvalue weighted by Crippen LogP contribution is 2.30. The van der Waals surface area contributed by atoms with Crippen LogP contribution in [0.25, 0.3) is 0 Å². The van der Waals surface area contributed by atoms with Gasteiger partial charge in [0.05, 0.1) is 5.56 Å². The zero-order chi connectivity index (χ0) is 13.3. The molecule has 1 N–H and O–H groups in total. The maximum atomic E-state index is 12.0. The molecule has 0 aromatic heterocycles. The lowest BCUT2D eigenvalue weighted by Crippen LogP contribution is -2.54. The minimum atomic E-state index is -0.303. The molecule has 4 heteroatoms. The van der Waals surface area contributed by atoms with E-state index in [2.05, 4.69) is 24.1 Å². The number of rotatable bonds is 3. The molecule has 1 aliphatic heterocycles. The van der Waals surface area contributed by atoms with Crippen LogP contribution in [0.15, 0.2) is 24.3 Å². The summed E-state index contributed by atoms with van der Waals surface area (Å²) in [5.41, 5.74) is 0.446. The Labute approximate surface area is 108 Å². The largest absolute Gasteiger partial charge is 0.469 e. The van der Waals surface area contributed by atoms with Crippen LogP contribution in [0.3, 0.4) is 0 Å². The van der Waals surface area contributed by atoms with Crippen molar-refractivity contribution in [2.75, 3.05) is 20.6 Å². The second-order valence-electron chi connectivity index (χ2n) is 5.69. The minimum Gasteiger partial charge on any atom is -0.469 e. The standard InChI is InChI=1S/C14H20N2O2/c1-14(2,9-16(3)4)13-15-12(17)10-7-5-6-8-11(10)18-13/h5-8,13H,9H2,1-4H3,(H,15,17). The molecule has 18 heavy (non-hydrogen) atoms. The molecule has 1 aliphatic rings. The summed E-state index contributed by atoms with van der Waals surface area (Å²) in [7, 11) is 4.03. The lowest BCUT2D eigenvalue weighted by Gasteiger charge is -2.39. The Hall–Kier alpha value is -1.55. The van der Waals surface area contributed by atoms with E-state index in [-0.39, 0.29) is 17.6 Å². The summed E-state index contributed by atoms with van der Waals surface area (Å²) in [6, 6.07) is 7.34. The molecule has 1 unspecified atom stereocenters.